The quantitative estimate of drug-likeness (QED) is 0.670. The monoisotopic (exact) mass is 154 g/mol. The summed E-state index contributed by atoms with van der Waals surface area (Å²) in [5, 5.41) is 3.13. The van der Waals surface area contributed by atoms with Gasteiger partial charge in [0, 0.05) is 13.1 Å². The second kappa shape index (κ2) is 2.23. The van der Waals surface area contributed by atoms with Crippen LogP contribution in [0.5, 0.6) is 5.95 Å². The summed E-state index contributed by atoms with van der Waals surface area (Å²) in [6.07, 6.45) is 2.94. The Morgan fingerprint density at radius 1 is 1.73 bits per heavy atom. The smallest absolute Gasteiger partial charge is 0.305 e. The molecule has 1 fully saturated rings. The van der Waals surface area contributed by atoms with Crippen LogP contribution in [-0.2, 0) is 0 Å². The highest BCUT2D eigenvalue weighted by molar-refractivity contribution is 5.02. The zero-order valence-electron chi connectivity index (χ0n) is 6.33. The lowest BCUT2D eigenvalue weighted by molar-refractivity contribution is 0.0133. The van der Waals surface area contributed by atoms with Crippen LogP contribution >= 0.6 is 0 Å². The third-order valence-corrected chi connectivity index (χ3v) is 1.75. The van der Waals surface area contributed by atoms with Crippen molar-refractivity contribution in [1.82, 2.24) is 10.3 Å². The average molecular weight is 154 g/mol. The molecule has 11 heavy (non-hydrogen) atoms. The van der Waals surface area contributed by atoms with E-state index in [1.807, 2.05) is 6.92 Å². The van der Waals surface area contributed by atoms with E-state index in [9.17, 15) is 0 Å². The Bertz CT molecular complexity index is 229. The summed E-state index contributed by atoms with van der Waals surface area (Å²) in [5.41, 5.74) is -0.0977. The first-order valence-corrected chi connectivity index (χ1v) is 3.57. The zero-order chi connectivity index (χ0) is 7.73. The van der Waals surface area contributed by atoms with Gasteiger partial charge >= 0.3 is 5.95 Å². The fourth-order valence-corrected chi connectivity index (χ4v) is 1.05. The van der Waals surface area contributed by atoms with Crippen molar-refractivity contribution in [1.29, 1.82) is 0 Å². The van der Waals surface area contributed by atoms with Crippen molar-refractivity contribution < 1.29 is 9.15 Å². The van der Waals surface area contributed by atoms with Gasteiger partial charge in [-0.2, -0.15) is 0 Å². The van der Waals surface area contributed by atoms with E-state index in [2.05, 4.69) is 10.3 Å². The van der Waals surface area contributed by atoms with Crippen LogP contribution in [0.4, 0.5) is 0 Å². The van der Waals surface area contributed by atoms with Crippen molar-refractivity contribution in [2.24, 2.45) is 0 Å². The number of nitrogens with zero attached hydrogens (tertiary/aromatic N) is 1. The Morgan fingerprint density at radius 3 is 3.00 bits per heavy atom. The Labute approximate surface area is 64.6 Å². The summed E-state index contributed by atoms with van der Waals surface area (Å²) in [4.78, 5) is 3.75. The number of ether oxygens (including phenoxy) is 1. The molecule has 0 saturated carbocycles. The number of hydrogen-bond acceptors (Lipinski definition) is 4. The highest BCUT2D eigenvalue weighted by Crippen LogP contribution is 2.20. The number of hydrogen-bond donors (Lipinski definition) is 1. The molecule has 2 heterocycles. The molecule has 4 nitrogen and oxygen atoms in total. The van der Waals surface area contributed by atoms with E-state index in [0.29, 0.717) is 5.95 Å². The third kappa shape index (κ3) is 1.21. The number of oxazole rings is 1. The maximum absolute atomic E-state index is 5.49. The highest BCUT2D eigenvalue weighted by atomic mass is 16.6. The van der Waals surface area contributed by atoms with Gasteiger partial charge in [-0.3, -0.25) is 0 Å². The summed E-state index contributed by atoms with van der Waals surface area (Å²) >= 11 is 0. The van der Waals surface area contributed by atoms with Crippen molar-refractivity contribution in [3.63, 3.8) is 0 Å². The van der Waals surface area contributed by atoms with E-state index in [1.165, 1.54) is 6.39 Å². The molecular formula is C7H10N2O2. The van der Waals surface area contributed by atoms with Gasteiger partial charge < -0.3 is 14.5 Å². The Kier molecular flexibility index (Phi) is 1.35. The van der Waals surface area contributed by atoms with Crippen LogP contribution in [0.15, 0.2) is 17.0 Å². The second-order valence-electron chi connectivity index (χ2n) is 2.98. The molecule has 1 aliphatic heterocycles. The van der Waals surface area contributed by atoms with E-state index in [0.717, 1.165) is 13.1 Å². The normalized spacial score (nSPS) is 20.8. The predicted octanol–water partition coefficient (Wildman–Crippen LogP) is 0.415. The molecule has 1 aromatic heterocycles. The van der Waals surface area contributed by atoms with Gasteiger partial charge in [0.05, 0.1) is 0 Å². The first kappa shape index (κ1) is 6.67. The first-order chi connectivity index (χ1) is 5.29. The van der Waals surface area contributed by atoms with Crippen molar-refractivity contribution in [3.8, 4) is 5.95 Å². The third-order valence-electron chi connectivity index (χ3n) is 1.75. The Balaban J connectivity index is 2.00. The van der Waals surface area contributed by atoms with Gasteiger partial charge in [0.25, 0.3) is 0 Å². The molecule has 1 N–H and O–H groups in total. The molecular weight excluding hydrogens is 144 g/mol. The van der Waals surface area contributed by atoms with Gasteiger partial charge in [-0.05, 0) is 6.92 Å². The van der Waals surface area contributed by atoms with Crippen molar-refractivity contribution in [2.45, 2.75) is 12.5 Å². The fourth-order valence-electron chi connectivity index (χ4n) is 1.05. The zero-order valence-corrected chi connectivity index (χ0v) is 6.33. The summed E-state index contributed by atoms with van der Waals surface area (Å²) in [7, 11) is 0. The lowest BCUT2D eigenvalue weighted by Crippen LogP contribution is -2.60. The highest BCUT2D eigenvalue weighted by Gasteiger charge is 2.34. The van der Waals surface area contributed by atoms with E-state index >= 15 is 0 Å². The van der Waals surface area contributed by atoms with Gasteiger partial charge in [0.2, 0.25) is 0 Å². The van der Waals surface area contributed by atoms with E-state index in [4.69, 9.17) is 9.15 Å². The van der Waals surface area contributed by atoms with Crippen LogP contribution in [0, 0.1) is 0 Å². The molecule has 60 valence electrons. The van der Waals surface area contributed by atoms with Gasteiger partial charge in [0.1, 0.15) is 11.8 Å². The lowest BCUT2D eigenvalue weighted by atomic mass is 10.0. The maximum Gasteiger partial charge on any atom is 0.305 e. The number of nitrogens with one attached hydrogen (secondary N) is 1. The van der Waals surface area contributed by atoms with Crippen molar-refractivity contribution in [2.75, 3.05) is 13.1 Å². The Hall–Kier alpha value is -1.03. The lowest BCUT2D eigenvalue weighted by Gasteiger charge is -2.37. The Morgan fingerprint density at radius 2 is 2.55 bits per heavy atom. The van der Waals surface area contributed by atoms with Gasteiger partial charge in [-0.15, -0.1) is 0 Å². The summed E-state index contributed by atoms with van der Waals surface area (Å²) in [6.45, 7) is 3.77. The first-order valence-electron chi connectivity index (χ1n) is 3.57. The van der Waals surface area contributed by atoms with Crippen LogP contribution in [0.1, 0.15) is 6.92 Å². The van der Waals surface area contributed by atoms with Crippen molar-refractivity contribution in [3.05, 3.63) is 12.6 Å². The van der Waals surface area contributed by atoms with E-state index in [1.54, 1.807) is 6.20 Å². The summed E-state index contributed by atoms with van der Waals surface area (Å²) in [6, 6.07) is 0. The average Bonchev–Trinajstić information content (AvgIpc) is 2.36. The van der Waals surface area contributed by atoms with Crippen molar-refractivity contribution >= 4 is 0 Å². The van der Waals surface area contributed by atoms with E-state index in [-0.39, 0.29) is 5.60 Å². The fraction of sp³-hybridized carbons (Fsp3) is 0.571. The molecule has 2 rings (SSSR count). The number of rotatable bonds is 2. The molecule has 0 amide bonds. The summed E-state index contributed by atoms with van der Waals surface area (Å²) in [5.74, 6) is 0.494. The molecule has 0 unspecified atom stereocenters. The molecule has 0 atom stereocenters. The minimum Gasteiger partial charge on any atom is -0.455 e. The van der Waals surface area contributed by atoms with Crippen LogP contribution < -0.4 is 10.1 Å². The van der Waals surface area contributed by atoms with Gasteiger partial charge in [0.15, 0.2) is 6.39 Å². The number of aromatic nitrogens is 1. The van der Waals surface area contributed by atoms with Crippen LogP contribution in [0.3, 0.4) is 0 Å². The van der Waals surface area contributed by atoms with Crippen LogP contribution in [0.2, 0.25) is 0 Å². The molecule has 0 aliphatic carbocycles. The molecule has 0 aromatic carbocycles. The van der Waals surface area contributed by atoms with Gasteiger partial charge in [-0.1, -0.05) is 0 Å². The topological polar surface area (TPSA) is 47.3 Å². The molecule has 0 radical (unpaired) electrons. The molecule has 1 aliphatic rings. The maximum atomic E-state index is 5.49. The minimum absolute atomic E-state index is 0.0977. The standard InChI is InChI=1S/C7H10N2O2/c1-7(3-9-4-7)11-6-2-8-5-10-6/h2,5,9H,3-4H2,1H3. The predicted molar refractivity (Wildman–Crippen MR) is 38.4 cm³/mol. The summed E-state index contributed by atoms with van der Waals surface area (Å²) < 4.78 is 10.4. The van der Waals surface area contributed by atoms with Gasteiger partial charge in [-0.25, -0.2) is 4.98 Å². The largest absolute Gasteiger partial charge is 0.455 e. The second-order valence-corrected chi connectivity index (χ2v) is 2.98. The molecule has 1 saturated heterocycles. The minimum atomic E-state index is -0.0977. The molecule has 0 spiro atoms. The van der Waals surface area contributed by atoms with Crippen LogP contribution in [-0.4, -0.2) is 23.7 Å². The molecule has 4 heteroatoms. The molecule has 1 aromatic rings. The SMILES string of the molecule is CC1(Oc2cnco2)CNC1. The molecule has 0 bridgehead atoms. The van der Waals surface area contributed by atoms with E-state index < -0.39 is 0 Å². The van der Waals surface area contributed by atoms with Crippen LogP contribution in [0.25, 0.3) is 0 Å².